The summed E-state index contributed by atoms with van der Waals surface area (Å²) in [5, 5.41) is 13.7. The van der Waals surface area contributed by atoms with Gasteiger partial charge in [0, 0.05) is 25.2 Å². The van der Waals surface area contributed by atoms with E-state index in [1.807, 2.05) is 11.9 Å². The number of benzene rings is 1. The molecule has 0 aliphatic carbocycles. The second kappa shape index (κ2) is 5.97. The topological polar surface area (TPSA) is 58.4 Å². The molecular formula is C13H18FN3O2. The Morgan fingerprint density at radius 1 is 1.53 bits per heavy atom. The van der Waals surface area contributed by atoms with Crippen molar-refractivity contribution < 1.29 is 9.31 Å². The maximum Gasteiger partial charge on any atom is 0.272 e. The fraction of sp³-hybridized carbons (Fsp3) is 0.538. The van der Waals surface area contributed by atoms with E-state index in [9.17, 15) is 14.5 Å². The van der Waals surface area contributed by atoms with Crippen LogP contribution >= 0.6 is 0 Å². The Balaban J connectivity index is 2.26. The fourth-order valence-corrected chi connectivity index (χ4v) is 2.61. The van der Waals surface area contributed by atoms with Crippen molar-refractivity contribution in [2.24, 2.45) is 0 Å². The molecule has 1 aliphatic heterocycles. The lowest BCUT2D eigenvalue weighted by molar-refractivity contribution is -0.385. The maximum absolute atomic E-state index is 14.0. The van der Waals surface area contributed by atoms with E-state index in [0.717, 1.165) is 38.4 Å². The number of nitrogens with zero attached hydrogens (tertiary/aromatic N) is 2. The summed E-state index contributed by atoms with van der Waals surface area (Å²) in [6.45, 7) is 1.58. The van der Waals surface area contributed by atoms with Crippen molar-refractivity contribution in [3.8, 4) is 0 Å². The number of nitro groups is 1. The van der Waals surface area contributed by atoms with Crippen LogP contribution in [0.25, 0.3) is 0 Å². The minimum absolute atomic E-state index is 0.205. The number of rotatable bonds is 4. The van der Waals surface area contributed by atoms with Crippen molar-refractivity contribution in [3.05, 3.63) is 34.1 Å². The lowest BCUT2D eigenvalue weighted by Crippen LogP contribution is -2.45. The Morgan fingerprint density at radius 2 is 2.32 bits per heavy atom. The fourth-order valence-electron chi connectivity index (χ4n) is 2.61. The van der Waals surface area contributed by atoms with E-state index in [1.54, 1.807) is 0 Å². The SMILES string of the molecule is CNCC1CCCCN1c1ccc([N+](=O)[O-])cc1F. The number of piperidine rings is 1. The van der Waals surface area contributed by atoms with Gasteiger partial charge in [-0.25, -0.2) is 4.39 Å². The number of hydrogen-bond donors (Lipinski definition) is 1. The van der Waals surface area contributed by atoms with Gasteiger partial charge in [0.05, 0.1) is 16.7 Å². The first-order valence-corrected chi connectivity index (χ1v) is 6.48. The van der Waals surface area contributed by atoms with Gasteiger partial charge in [0.15, 0.2) is 5.82 Å². The number of hydrogen-bond acceptors (Lipinski definition) is 4. The molecule has 5 nitrogen and oxygen atoms in total. The number of anilines is 1. The molecule has 0 bridgehead atoms. The second-order valence-electron chi connectivity index (χ2n) is 4.79. The third kappa shape index (κ3) is 3.01. The van der Waals surface area contributed by atoms with Crippen molar-refractivity contribution in [1.82, 2.24) is 5.32 Å². The summed E-state index contributed by atoms with van der Waals surface area (Å²) in [7, 11) is 1.87. The highest BCUT2D eigenvalue weighted by molar-refractivity contribution is 5.53. The highest BCUT2D eigenvalue weighted by atomic mass is 19.1. The molecule has 19 heavy (non-hydrogen) atoms. The number of non-ortho nitro benzene ring substituents is 1. The van der Waals surface area contributed by atoms with Gasteiger partial charge in [-0.05, 0) is 32.4 Å². The van der Waals surface area contributed by atoms with Gasteiger partial charge in [-0.3, -0.25) is 10.1 Å². The predicted molar refractivity (Wildman–Crippen MR) is 72.0 cm³/mol. The van der Waals surface area contributed by atoms with E-state index in [0.29, 0.717) is 5.69 Å². The molecule has 104 valence electrons. The summed E-state index contributed by atoms with van der Waals surface area (Å²) in [6.07, 6.45) is 3.17. The van der Waals surface area contributed by atoms with Crippen molar-refractivity contribution in [2.75, 3.05) is 25.0 Å². The molecule has 6 heteroatoms. The zero-order chi connectivity index (χ0) is 13.8. The highest BCUT2D eigenvalue weighted by Crippen LogP contribution is 2.29. The Bertz CT molecular complexity index is 465. The summed E-state index contributed by atoms with van der Waals surface area (Å²) in [6, 6.07) is 4.13. The summed E-state index contributed by atoms with van der Waals surface area (Å²) in [5.41, 5.74) is 0.258. The van der Waals surface area contributed by atoms with Crippen molar-refractivity contribution in [2.45, 2.75) is 25.3 Å². The lowest BCUT2D eigenvalue weighted by Gasteiger charge is -2.37. The number of nitro benzene ring substituents is 1. The van der Waals surface area contributed by atoms with Crippen LogP contribution < -0.4 is 10.2 Å². The largest absolute Gasteiger partial charge is 0.365 e. The minimum atomic E-state index is -0.575. The van der Waals surface area contributed by atoms with Crippen LogP contribution in [0.5, 0.6) is 0 Å². The van der Waals surface area contributed by atoms with Gasteiger partial charge < -0.3 is 10.2 Å². The molecule has 1 heterocycles. The van der Waals surface area contributed by atoms with Crippen molar-refractivity contribution in [3.63, 3.8) is 0 Å². The highest BCUT2D eigenvalue weighted by Gasteiger charge is 2.25. The zero-order valence-electron chi connectivity index (χ0n) is 10.9. The second-order valence-corrected chi connectivity index (χ2v) is 4.79. The Labute approximate surface area is 111 Å². The molecule has 1 aliphatic rings. The Kier molecular flexibility index (Phi) is 4.31. The van der Waals surface area contributed by atoms with Gasteiger partial charge in [-0.15, -0.1) is 0 Å². The van der Waals surface area contributed by atoms with Crippen LogP contribution in [0.2, 0.25) is 0 Å². The Morgan fingerprint density at radius 3 is 2.95 bits per heavy atom. The van der Waals surface area contributed by atoms with E-state index in [2.05, 4.69) is 5.32 Å². The zero-order valence-corrected chi connectivity index (χ0v) is 10.9. The van der Waals surface area contributed by atoms with Crippen LogP contribution in [0.4, 0.5) is 15.8 Å². The van der Waals surface area contributed by atoms with Crippen molar-refractivity contribution >= 4 is 11.4 Å². The number of likely N-dealkylation sites (N-methyl/N-ethyl adjacent to an activating group) is 1. The van der Waals surface area contributed by atoms with Gasteiger partial charge in [0.25, 0.3) is 5.69 Å². The molecule has 0 saturated carbocycles. The van der Waals surface area contributed by atoms with Gasteiger partial charge >= 0.3 is 0 Å². The van der Waals surface area contributed by atoms with Gasteiger partial charge in [0.2, 0.25) is 0 Å². The molecule has 1 unspecified atom stereocenters. The van der Waals surface area contributed by atoms with Crippen LogP contribution in [-0.2, 0) is 0 Å². The number of halogens is 1. The number of nitrogens with one attached hydrogen (secondary N) is 1. The van der Waals surface area contributed by atoms with E-state index in [1.165, 1.54) is 12.1 Å². The molecule has 1 fully saturated rings. The third-order valence-electron chi connectivity index (χ3n) is 3.52. The van der Waals surface area contributed by atoms with Gasteiger partial charge in [-0.2, -0.15) is 0 Å². The first-order valence-electron chi connectivity index (χ1n) is 6.48. The Hall–Kier alpha value is -1.69. The van der Waals surface area contributed by atoms with Crippen molar-refractivity contribution in [1.29, 1.82) is 0 Å². The van der Waals surface area contributed by atoms with Crippen LogP contribution in [-0.4, -0.2) is 31.1 Å². The monoisotopic (exact) mass is 267 g/mol. The first kappa shape index (κ1) is 13.7. The predicted octanol–water partition coefficient (Wildman–Crippen LogP) is 2.31. The molecule has 0 spiro atoms. The van der Waals surface area contributed by atoms with Gasteiger partial charge in [-0.1, -0.05) is 0 Å². The summed E-state index contributed by atoms with van der Waals surface area (Å²) in [5.74, 6) is -0.516. The molecule has 0 aromatic heterocycles. The summed E-state index contributed by atoms with van der Waals surface area (Å²) >= 11 is 0. The summed E-state index contributed by atoms with van der Waals surface area (Å²) < 4.78 is 14.0. The molecule has 0 amide bonds. The first-order chi connectivity index (χ1) is 9.13. The van der Waals surface area contributed by atoms with Gasteiger partial charge in [0.1, 0.15) is 0 Å². The lowest BCUT2D eigenvalue weighted by atomic mass is 10.0. The quantitative estimate of drug-likeness (QED) is 0.672. The molecule has 1 aromatic rings. The van der Waals surface area contributed by atoms with Crippen LogP contribution in [0.15, 0.2) is 18.2 Å². The molecule has 1 aromatic carbocycles. The molecular weight excluding hydrogens is 249 g/mol. The molecule has 1 atom stereocenters. The molecule has 1 saturated heterocycles. The van der Waals surface area contributed by atoms with E-state index in [-0.39, 0.29) is 11.7 Å². The average molecular weight is 267 g/mol. The molecule has 2 rings (SSSR count). The summed E-state index contributed by atoms with van der Waals surface area (Å²) in [4.78, 5) is 12.1. The average Bonchev–Trinajstić information content (AvgIpc) is 2.40. The van der Waals surface area contributed by atoms with Crippen LogP contribution in [0.1, 0.15) is 19.3 Å². The smallest absolute Gasteiger partial charge is 0.272 e. The maximum atomic E-state index is 14.0. The van der Waals surface area contributed by atoms with E-state index < -0.39 is 10.7 Å². The minimum Gasteiger partial charge on any atom is -0.365 e. The third-order valence-corrected chi connectivity index (χ3v) is 3.52. The molecule has 0 radical (unpaired) electrons. The normalized spacial score (nSPS) is 19.5. The van der Waals surface area contributed by atoms with Crippen LogP contribution in [0, 0.1) is 15.9 Å². The standard InChI is InChI=1S/C13H18FN3O2/c1-15-9-11-4-2-3-7-16(11)13-6-5-10(17(18)19)8-12(13)14/h5-6,8,11,15H,2-4,7,9H2,1H3. The van der Waals surface area contributed by atoms with Crippen LogP contribution in [0.3, 0.4) is 0 Å². The van der Waals surface area contributed by atoms with E-state index in [4.69, 9.17) is 0 Å². The molecule has 1 N–H and O–H groups in total. The van der Waals surface area contributed by atoms with E-state index >= 15 is 0 Å².